The molecule has 2 aromatic carbocycles. The maximum Gasteiger partial charge on any atom is 0.249 e. The lowest BCUT2D eigenvalue weighted by molar-refractivity contribution is -0.223. The molecule has 32 heavy (non-hydrogen) atoms. The molecular weight excluding hydrogens is 412 g/mol. The summed E-state index contributed by atoms with van der Waals surface area (Å²) >= 11 is 0. The normalized spacial score (nSPS) is 27.8. The minimum absolute atomic E-state index is 0.0194. The number of nitrogens with zero attached hydrogens (tertiary/aromatic N) is 5. The summed E-state index contributed by atoms with van der Waals surface area (Å²) in [6, 6.07) is 10.4. The van der Waals surface area contributed by atoms with Gasteiger partial charge in [0, 0.05) is 30.1 Å². The van der Waals surface area contributed by atoms with Gasteiger partial charge in [0.2, 0.25) is 5.91 Å². The van der Waals surface area contributed by atoms with Gasteiger partial charge in [-0.15, -0.1) is 0 Å². The van der Waals surface area contributed by atoms with Crippen molar-refractivity contribution in [3.63, 3.8) is 0 Å². The molecule has 1 atom stereocenters. The van der Waals surface area contributed by atoms with Crippen molar-refractivity contribution in [1.29, 1.82) is 5.26 Å². The number of halogens is 2. The van der Waals surface area contributed by atoms with Crippen LogP contribution in [0.3, 0.4) is 0 Å². The standard InChI is InChI=1S/C24H19F2N5O/c25-17-2-3-19(26)18(8-17)21-5-6-28-31(21)22(32)24-11-23(12-24,13-24)14-30-20-4-1-15(9-27)7-16(20)10-29-30/h1-4,6-8,10,21H,5,11-14H2/t21-,23?,24?/m1/s1. The monoisotopic (exact) mass is 431 g/mol. The van der Waals surface area contributed by atoms with Crippen LogP contribution >= 0.6 is 0 Å². The number of benzene rings is 2. The van der Waals surface area contributed by atoms with Gasteiger partial charge < -0.3 is 0 Å². The first-order valence-electron chi connectivity index (χ1n) is 10.6. The number of hydrogen-bond donors (Lipinski definition) is 0. The largest absolute Gasteiger partial charge is 0.272 e. The Hall–Kier alpha value is -3.60. The molecule has 0 saturated heterocycles. The third kappa shape index (κ3) is 2.63. The maximum absolute atomic E-state index is 14.3. The number of nitriles is 1. The molecule has 1 aliphatic heterocycles. The van der Waals surface area contributed by atoms with E-state index >= 15 is 0 Å². The van der Waals surface area contributed by atoms with E-state index in [1.165, 1.54) is 5.01 Å². The number of carbonyl (C=O) groups excluding carboxylic acids is 1. The first-order valence-corrected chi connectivity index (χ1v) is 10.6. The molecule has 3 fully saturated rings. The van der Waals surface area contributed by atoms with E-state index < -0.39 is 23.1 Å². The van der Waals surface area contributed by atoms with Gasteiger partial charge in [0.15, 0.2) is 0 Å². The van der Waals surface area contributed by atoms with Gasteiger partial charge in [0.05, 0.1) is 34.8 Å². The van der Waals surface area contributed by atoms with Gasteiger partial charge in [0.1, 0.15) is 11.6 Å². The quantitative estimate of drug-likeness (QED) is 0.618. The zero-order valence-corrected chi connectivity index (χ0v) is 17.1. The minimum Gasteiger partial charge on any atom is -0.272 e. The molecule has 8 heteroatoms. The summed E-state index contributed by atoms with van der Waals surface area (Å²) in [5, 5.41) is 20.1. The summed E-state index contributed by atoms with van der Waals surface area (Å²) in [6.45, 7) is 0.711. The number of rotatable bonds is 4. The molecule has 2 bridgehead atoms. The van der Waals surface area contributed by atoms with E-state index in [1.54, 1.807) is 18.5 Å². The van der Waals surface area contributed by atoms with Gasteiger partial charge in [-0.2, -0.15) is 15.5 Å². The molecule has 2 heterocycles. The Kier molecular flexibility index (Phi) is 3.85. The fourth-order valence-corrected chi connectivity index (χ4v) is 5.87. The van der Waals surface area contributed by atoms with Gasteiger partial charge >= 0.3 is 0 Å². The third-order valence-electron chi connectivity index (χ3n) is 7.21. The molecule has 6 nitrogen and oxygen atoms in total. The summed E-state index contributed by atoms with van der Waals surface area (Å²) in [4.78, 5) is 13.3. The predicted octanol–water partition coefficient (Wildman–Crippen LogP) is 4.32. The molecule has 0 spiro atoms. The molecular formula is C24H19F2N5O. The first-order chi connectivity index (χ1) is 15.4. The van der Waals surface area contributed by atoms with Crippen molar-refractivity contribution < 1.29 is 13.6 Å². The fourth-order valence-electron chi connectivity index (χ4n) is 5.87. The highest BCUT2D eigenvalue weighted by molar-refractivity contribution is 5.88. The molecule has 4 aliphatic rings. The SMILES string of the molecule is N#Cc1ccc2c(cnn2CC23CC(C(=O)N4N=CC[C@@H]4c4cc(F)ccc4F)(C2)C3)c1. The smallest absolute Gasteiger partial charge is 0.249 e. The Bertz CT molecular complexity index is 1330. The lowest BCUT2D eigenvalue weighted by Crippen LogP contribution is -2.68. The molecule has 3 aromatic rings. The van der Waals surface area contributed by atoms with E-state index in [1.807, 2.05) is 16.8 Å². The van der Waals surface area contributed by atoms with Crippen molar-refractivity contribution >= 4 is 23.0 Å². The fraction of sp³-hybridized carbons (Fsp3) is 0.333. The Morgan fingerprint density at radius 3 is 2.78 bits per heavy atom. The Morgan fingerprint density at radius 1 is 1.19 bits per heavy atom. The van der Waals surface area contributed by atoms with Crippen LogP contribution in [0.25, 0.3) is 10.9 Å². The zero-order chi connectivity index (χ0) is 22.1. The molecule has 0 N–H and O–H groups in total. The van der Waals surface area contributed by atoms with Crippen LogP contribution in [0.1, 0.15) is 42.9 Å². The van der Waals surface area contributed by atoms with Crippen molar-refractivity contribution in [3.05, 3.63) is 65.4 Å². The van der Waals surface area contributed by atoms with Crippen LogP contribution in [-0.2, 0) is 11.3 Å². The lowest BCUT2D eigenvalue weighted by Gasteiger charge is -2.69. The topological polar surface area (TPSA) is 74.3 Å². The van der Waals surface area contributed by atoms with Crippen molar-refractivity contribution in [2.24, 2.45) is 15.9 Å². The van der Waals surface area contributed by atoms with Crippen LogP contribution in [0.2, 0.25) is 0 Å². The second-order valence-electron chi connectivity index (χ2n) is 9.36. The number of carbonyl (C=O) groups is 1. The van der Waals surface area contributed by atoms with Crippen molar-refractivity contribution in [2.45, 2.75) is 38.3 Å². The molecule has 0 unspecified atom stereocenters. The Balaban J connectivity index is 1.18. The second-order valence-corrected chi connectivity index (χ2v) is 9.36. The maximum atomic E-state index is 14.3. The van der Waals surface area contributed by atoms with Crippen LogP contribution in [0.4, 0.5) is 8.78 Å². The highest BCUT2D eigenvalue weighted by atomic mass is 19.1. The van der Waals surface area contributed by atoms with Gasteiger partial charge in [0.25, 0.3) is 0 Å². The molecule has 1 amide bonds. The summed E-state index contributed by atoms with van der Waals surface area (Å²) in [6.07, 6.45) is 5.94. The highest BCUT2D eigenvalue weighted by Gasteiger charge is 2.72. The Labute approximate surface area is 182 Å². The van der Waals surface area contributed by atoms with Crippen LogP contribution < -0.4 is 0 Å². The van der Waals surface area contributed by atoms with Gasteiger partial charge in [-0.25, -0.2) is 13.8 Å². The van der Waals surface area contributed by atoms with E-state index in [-0.39, 0.29) is 16.9 Å². The van der Waals surface area contributed by atoms with E-state index in [9.17, 15) is 13.6 Å². The zero-order valence-electron chi connectivity index (χ0n) is 17.1. The highest BCUT2D eigenvalue weighted by Crippen LogP contribution is 2.74. The van der Waals surface area contributed by atoms with Crippen LogP contribution in [0, 0.1) is 33.8 Å². The van der Waals surface area contributed by atoms with Crippen LogP contribution in [-0.4, -0.2) is 26.9 Å². The predicted molar refractivity (Wildman–Crippen MR) is 112 cm³/mol. The van der Waals surface area contributed by atoms with Gasteiger partial charge in [-0.05, 0) is 61.1 Å². The molecule has 1 aromatic heterocycles. The van der Waals surface area contributed by atoms with E-state index in [4.69, 9.17) is 5.26 Å². The van der Waals surface area contributed by atoms with Crippen molar-refractivity contribution in [2.75, 3.05) is 0 Å². The summed E-state index contributed by atoms with van der Waals surface area (Å²) < 4.78 is 30.0. The number of hydrogen-bond acceptors (Lipinski definition) is 4. The van der Waals surface area contributed by atoms with Crippen molar-refractivity contribution in [3.8, 4) is 6.07 Å². The van der Waals surface area contributed by atoms with Crippen LogP contribution in [0.15, 0.2) is 47.7 Å². The minimum atomic E-state index is -0.604. The molecule has 0 radical (unpaired) electrons. The molecule has 160 valence electrons. The van der Waals surface area contributed by atoms with E-state index in [0.29, 0.717) is 18.5 Å². The van der Waals surface area contributed by atoms with E-state index in [2.05, 4.69) is 16.3 Å². The average Bonchev–Trinajstić information content (AvgIpc) is 3.37. The van der Waals surface area contributed by atoms with Crippen LogP contribution in [0.5, 0.6) is 0 Å². The number of amides is 1. The lowest BCUT2D eigenvalue weighted by atomic mass is 9.34. The second kappa shape index (κ2) is 6.45. The number of hydrazone groups is 1. The summed E-state index contributed by atoms with van der Waals surface area (Å²) in [5.74, 6) is -1.16. The number of fused-ring (bicyclic) bond motifs is 1. The first kappa shape index (κ1) is 19.1. The Morgan fingerprint density at radius 2 is 2.00 bits per heavy atom. The molecule has 7 rings (SSSR count). The molecule has 3 saturated carbocycles. The van der Waals surface area contributed by atoms with Gasteiger partial charge in [-0.1, -0.05) is 0 Å². The summed E-state index contributed by atoms with van der Waals surface area (Å²) in [7, 11) is 0. The number of aromatic nitrogens is 2. The van der Waals surface area contributed by atoms with Gasteiger partial charge in [-0.3, -0.25) is 9.48 Å². The average molecular weight is 431 g/mol. The van der Waals surface area contributed by atoms with Crippen molar-refractivity contribution in [1.82, 2.24) is 14.8 Å². The summed E-state index contributed by atoms with van der Waals surface area (Å²) in [5.41, 5.74) is 1.28. The third-order valence-corrected chi connectivity index (χ3v) is 7.21. The van der Waals surface area contributed by atoms with E-state index in [0.717, 1.165) is 48.4 Å². The molecule has 3 aliphatic carbocycles.